The Balaban J connectivity index is 2.50. The van der Waals surface area contributed by atoms with Crippen molar-refractivity contribution in [3.05, 3.63) is 35.1 Å². The third-order valence-corrected chi connectivity index (χ3v) is 2.01. The summed E-state index contributed by atoms with van der Waals surface area (Å²) in [6.07, 6.45) is 0.593. The largest absolute Gasteiger partial charge is 0.355 e. The molecule has 0 aromatic heterocycles. The lowest BCUT2D eigenvalue weighted by atomic mass is 10.1. The second-order valence-corrected chi connectivity index (χ2v) is 3.50. The molecule has 84 valence electrons. The van der Waals surface area contributed by atoms with E-state index in [-0.39, 0.29) is 11.7 Å². The van der Waals surface area contributed by atoms with Crippen LogP contribution in [0.15, 0.2) is 18.2 Å². The Morgan fingerprint density at radius 3 is 2.88 bits per heavy atom. The molecule has 1 N–H and O–H groups in total. The summed E-state index contributed by atoms with van der Waals surface area (Å²) in [7, 11) is 0. The van der Waals surface area contributed by atoms with Gasteiger partial charge in [0.2, 0.25) is 5.91 Å². The summed E-state index contributed by atoms with van der Waals surface area (Å²) in [5.74, 6) is 5.56. The van der Waals surface area contributed by atoms with Crippen molar-refractivity contribution in [1.29, 1.82) is 0 Å². The van der Waals surface area contributed by atoms with Gasteiger partial charge in [-0.2, -0.15) is 0 Å². The maximum absolute atomic E-state index is 12.9. The van der Waals surface area contributed by atoms with Gasteiger partial charge in [0.25, 0.3) is 0 Å². The number of benzene rings is 1. The second-order valence-electron chi connectivity index (χ2n) is 3.50. The number of nitrogens with one attached hydrogen (secondary N) is 1. The van der Waals surface area contributed by atoms with Gasteiger partial charge >= 0.3 is 0 Å². The number of hydrogen-bond donors (Lipinski definition) is 1. The van der Waals surface area contributed by atoms with Crippen molar-refractivity contribution < 1.29 is 9.18 Å². The highest BCUT2D eigenvalue weighted by molar-refractivity contribution is 5.72. The van der Waals surface area contributed by atoms with E-state index in [0.717, 1.165) is 5.56 Å². The maximum atomic E-state index is 12.9. The van der Waals surface area contributed by atoms with Gasteiger partial charge in [0.05, 0.1) is 0 Å². The van der Waals surface area contributed by atoms with Gasteiger partial charge in [-0.3, -0.25) is 4.79 Å². The Kier molecular flexibility index (Phi) is 4.53. The monoisotopic (exact) mass is 219 g/mol. The molecule has 0 heterocycles. The lowest BCUT2D eigenvalue weighted by Gasteiger charge is -1.96. The van der Waals surface area contributed by atoms with Gasteiger partial charge in [-0.05, 0) is 30.7 Å². The first kappa shape index (κ1) is 12.3. The van der Waals surface area contributed by atoms with Crippen LogP contribution in [0.5, 0.6) is 0 Å². The van der Waals surface area contributed by atoms with E-state index in [1.807, 2.05) is 0 Å². The van der Waals surface area contributed by atoms with E-state index in [4.69, 9.17) is 0 Å². The summed E-state index contributed by atoms with van der Waals surface area (Å²) in [5, 5.41) is 2.65. The third-order valence-electron chi connectivity index (χ3n) is 2.01. The maximum Gasteiger partial charge on any atom is 0.216 e. The van der Waals surface area contributed by atoms with Crippen LogP contribution in [-0.4, -0.2) is 12.5 Å². The fraction of sp³-hybridized carbons (Fsp3) is 0.308. The molecule has 0 saturated carbocycles. The summed E-state index contributed by atoms with van der Waals surface area (Å²) in [6.45, 7) is 3.72. The van der Waals surface area contributed by atoms with Gasteiger partial charge in [0.15, 0.2) is 0 Å². The molecule has 0 unspecified atom stereocenters. The topological polar surface area (TPSA) is 29.1 Å². The van der Waals surface area contributed by atoms with Crippen LogP contribution in [0.2, 0.25) is 0 Å². The van der Waals surface area contributed by atoms with E-state index in [1.165, 1.54) is 13.0 Å². The average molecular weight is 219 g/mol. The molecule has 0 fully saturated rings. The molecule has 0 bridgehead atoms. The van der Waals surface area contributed by atoms with Crippen LogP contribution in [0, 0.1) is 24.6 Å². The zero-order valence-electron chi connectivity index (χ0n) is 9.43. The van der Waals surface area contributed by atoms with Gasteiger partial charge in [0, 0.05) is 25.5 Å². The van der Waals surface area contributed by atoms with E-state index in [0.29, 0.717) is 18.5 Å². The molecule has 3 heteroatoms. The van der Waals surface area contributed by atoms with E-state index >= 15 is 0 Å². The Morgan fingerprint density at radius 2 is 2.25 bits per heavy atom. The molecule has 1 aromatic rings. The van der Waals surface area contributed by atoms with Gasteiger partial charge in [-0.15, -0.1) is 0 Å². The molecular weight excluding hydrogens is 205 g/mol. The highest BCUT2D eigenvalue weighted by Crippen LogP contribution is 2.07. The van der Waals surface area contributed by atoms with Gasteiger partial charge in [-0.1, -0.05) is 11.8 Å². The van der Waals surface area contributed by atoms with Gasteiger partial charge in [0.1, 0.15) is 5.82 Å². The lowest BCUT2D eigenvalue weighted by molar-refractivity contribution is -0.118. The Morgan fingerprint density at radius 1 is 1.50 bits per heavy atom. The van der Waals surface area contributed by atoms with Crippen LogP contribution in [-0.2, 0) is 4.79 Å². The predicted molar refractivity (Wildman–Crippen MR) is 61.3 cm³/mol. The van der Waals surface area contributed by atoms with E-state index in [2.05, 4.69) is 17.2 Å². The summed E-state index contributed by atoms with van der Waals surface area (Å²) < 4.78 is 12.9. The molecule has 0 radical (unpaired) electrons. The standard InChI is InChI=1S/C13H14FNO/c1-10-9-12(6-7-13(10)14)5-3-4-8-15-11(2)16/h6-7,9H,4,8H2,1-2H3,(H,15,16). The van der Waals surface area contributed by atoms with Gasteiger partial charge < -0.3 is 5.32 Å². The molecule has 1 amide bonds. The average Bonchev–Trinajstić information content (AvgIpc) is 2.22. The molecule has 0 spiro atoms. The van der Waals surface area contributed by atoms with Gasteiger partial charge in [-0.25, -0.2) is 4.39 Å². The fourth-order valence-electron chi connectivity index (χ4n) is 1.19. The fourth-order valence-corrected chi connectivity index (χ4v) is 1.19. The van der Waals surface area contributed by atoms with Crippen molar-refractivity contribution in [3.8, 4) is 11.8 Å². The highest BCUT2D eigenvalue weighted by atomic mass is 19.1. The summed E-state index contributed by atoms with van der Waals surface area (Å²) >= 11 is 0. The molecule has 0 aliphatic heterocycles. The van der Waals surface area contributed by atoms with E-state index < -0.39 is 0 Å². The first-order valence-electron chi connectivity index (χ1n) is 5.09. The van der Waals surface area contributed by atoms with Crippen LogP contribution >= 0.6 is 0 Å². The van der Waals surface area contributed by atoms with Crippen LogP contribution in [0.25, 0.3) is 0 Å². The normalized spacial score (nSPS) is 9.19. The molecule has 0 saturated heterocycles. The number of aryl methyl sites for hydroxylation is 1. The SMILES string of the molecule is CC(=O)NCCC#Cc1ccc(F)c(C)c1. The summed E-state index contributed by atoms with van der Waals surface area (Å²) in [6, 6.07) is 4.77. The number of hydrogen-bond acceptors (Lipinski definition) is 1. The number of carbonyl (C=O) groups excluding carboxylic acids is 1. The quantitative estimate of drug-likeness (QED) is 0.598. The molecule has 0 aliphatic carbocycles. The Bertz CT molecular complexity index is 443. The molecule has 0 aliphatic rings. The summed E-state index contributed by atoms with van der Waals surface area (Å²) in [4.78, 5) is 10.6. The number of carbonyl (C=O) groups is 1. The number of rotatable bonds is 2. The minimum atomic E-state index is -0.219. The van der Waals surface area contributed by atoms with Crippen molar-refractivity contribution in [2.75, 3.05) is 6.54 Å². The third kappa shape index (κ3) is 4.14. The summed E-state index contributed by atoms with van der Waals surface area (Å²) in [5.41, 5.74) is 1.38. The van der Waals surface area contributed by atoms with Crippen LogP contribution < -0.4 is 5.32 Å². The van der Waals surface area contributed by atoms with Crippen molar-refractivity contribution in [2.45, 2.75) is 20.3 Å². The van der Waals surface area contributed by atoms with Crippen molar-refractivity contribution >= 4 is 5.91 Å². The minimum Gasteiger partial charge on any atom is -0.355 e. The predicted octanol–water partition coefficient (Wildman–Crippen LogP) is 2.01. The van der Waals surface area contributed by atoms with Crippen molar-refractivity contribution in [2.24, 2.45) is 0 Å². The number of halogens is 1. The Hall–Kier alpha value is -1.82. The zero-order valence-corrected chi connectivity index (χ0v) is 9.43. The van der Waals surface area contributed by atoms with Crippen LogP contribution in [0.4, 0.5) is 4.39 Å². The van der Waals surface area contributed by atoms with E-state index in [1.54, 1.807) is 19.1 Å². The van der Waals surface area contributed by atoms with Crippen LogP contribution in [0.1, 0.15) is 24.5 Å². The molecule has 16 heavy (non-hydrogen) atoms. The molecule has 1 aromatic carbocycles. The highest BCUT2D eigenvalue weighted by Gasteiger charge is 1.95. The smallest absolute Gasteiger partial charge is 0.216 e. The lowest BCUT2D eigenvalue weighted by Crippen LogP contribution is -2.20. The first-order valence-corrected chi connectivity index (χ1v) is 5.09. The second kappa shape index (κ2) is 5.92. The minimum absolute atomic E-state index is 0.0561. The molecular formula is C13H14FNO. The zero-order chi connectivity index (χ0) is 12.0. The molecule has 2 nitrogen and oxygen atoms in total. The van der Waals surface area contributed by atoms with Crippen LogP contribution in [0.3, 0.4) is 0 Å². The first-order chi connectivity index (χ1) is 7.59. The molecule has 0 atom stereocenters. The van der Waals surface area contributed by atoms with Crippen molar-refractivity contribution in [3.63, 3.8) is 0 Å². The van der Waals surface area contributed by atoms with Crippen molar-refractivity contribution in [1.82, 2.24) is 5.32 Å². The van der Waals surface area contributed by atoms with E-state index in [9.17, 15) is 9.18 Å². The molecule has 1 rings (SSSR count). The number of amides is 1. The Labute approximate surface area is 94.9 Å².